The molecule has 0 saturated carbocycles. The summed E-state index contributed by atoms with van der Waals surface area (Å²) in [6.45, 7) is 3.01. The second kappa shape index (κ2) is 8.58. The van der Waals surface area contributed by atoms with Crippen molar-refractivity contribution in [2.24, 2.45) is 0 Å². The Morgan fingerprint density at radius 3 is 2.63 bits per heavy atom. The standard InChI is InChI=1S/C21H25N3O3/c1-4-5-12-22-20(25)14-24-17-9-7-6-8-16(17)23-21(24)15-10-11-18(26-2)19(13-15)27-3/h6-11,13H,4-5,12,14H2,1-3H3,(H,22,25). The molecule has 6 nitrogen and oxygen atoms in total. The third-order valence-corrected chi connectivity index (χ3v) is 4.45. The zero-order valence-corrected chi connectivity index (χ0v) is 16.0. The molecule has 3 aromatic rings. The normalized spacial score (nSPS) is 10.8. The first kappa shape index (κ1) is 18.8. The molecule has 0 saturated heterocycles. The van der Waals surface area contributed by atoms with Crippen LogP contribution < -0.4 is 14.8 Å². The van der Waals surface area contributed by atoms with Crippen molar-refractivity contribution in [1.29, 1.82) is 0 Å². The van der Waals surface area contributed by atoms with Crippen molar-refractivity contribution in [3.8, 4) is 22.9 Å². The average Bonchev–Trinajstić information content (AvgIpc) is 3.06. The van der Waals surface area contributed by atoms with E-state index >= 15 is 0 Å². The van der Waals surface area contributed by atoms with Crippen LogP contribution in [0.2, 0.25) is 0 Å². The molecule has 0 aliphatic heterocycles. The zero-order valence-electron chi connectivity index (χ0n) is 16.0. The Kier molecular flexibility index (Phi) is 5.96. The van der Waals surface area contributed by atoms with Gasteiger partial charge in [0.2, 0.25) is 5.91 Å². The fourth-order valence-corrected chi connectivity index (χ4v) is 3.04. The highest BCUT2D eigenvalue weighted by Crippen LogP contribution is 2.33. The minimum atomic E-state index is -0.0201. The number of hydrogen-bond acceptors (Lipinski definition) is 4. The van der Waals surface area contributed by atoms with Gasteiger partial charge in [-0.3, -0.25) is 4.79 Å². The quantitative estimate of drug-likeness (QED) is 0.618. The minimum absolute atomic E-state index is 0.0201. The van der Waals surface area contributed by atoms with Gasteiger partial charge in [-0.15, -0.1) is 0 Å². The molecule has 0 aliphatic rings. The Bertz CT molecular complexity index is 934. The summed E-state index contributed by atoms with van der Waals surface area (Å²) < 4.78 is 12.7. The first-order valence-corrected chi connectivity index (χ1v) is 9.12. The van der Waals surface area contributed by atoms with Crippen LogP contribution in [0.25, 0.3) is 22.4 Å². The number of ether oxygens (including phenoxy) is 2. The summed E-state index contributed by atoms with van der Waals surface area (Å²) in [6, 6.07) is 13.5. The molecule has 6 heteroatoms. The van der Waals surface area contributed by atoms with Crippen LogP contribution in [0, 0.1) is 0 Å². The molecule has 0 aliphatic carbocycles. The van der Waals surface area contributed by atoms with Crippen molar-refractivity contribution in [1.82, 2.24) is 14.9 Å². The summed E-state index contributed by atoms with van der Waals surface area (Å²) in [4.78, 5) is 17.2. The number of nitrogens with one attached hydrogen (secondary N) is 1. The fourth-order valence-electron chi connectivity index (χ4n) is 3.04. The van der Waals surface area contributed by atoms with Gasteiger partial charge < -0.3 is 19.4 Å². The highest BCUT2D eigenvalue weighted by atomic mass is 16.5. The predicted molar refractivity (Wildman–Crippen MR) is 106 cm³/mol. The smallest absolute Gasteiger partial charge is 0.240 e. The predicted octanol–water partition coefficient (Wildman–Crippen LogP) is 3.64. The molecule has 0 spiro atoms. The topological polar surface area (TPSA) is 65.4 Å². The lowest BCUT2D eigenvalue weighted by Crippen LogP contribution is -2.28. The van der Waals surface area contributed by atoms with E-state index in [-0.39, 0.29) is 12.5 Å². The lowest BCUT2D eigenvalue weighted by atomic mass is 10.2. The Hall–Kier alpha value is -3.02. The van der Waals surface area contributed by atoms with Crippen LogP contribution in [-0.2, 0) is 11.3 Å². The summed E-state index contributed by atoms with van der Waals surface area (Å²) in [7, 11) is 3.21. The minimum Gasteiger partial charge on any atom is -0.493 e. The number of hydrogen-bond donors (Lipinski definition) is 1. The van der Waals surface area contributed by atoms with E-state index in [4.69, 9.17) is 14.5 Å². The van der Waals surface area contributed by atoms with E-state index in [2.05, 4.69) is 12.2 Å². The van der Waals surface area contributed by atoms with Crippen LogP contribution in [0.15, 0.2) is 42.5 Å². The van der Waals surface area contributed by atoms with Crippen LogP contribution in [0.5, 0.6) is 11.5 Å². The number of fused-ring (bicyclic) bond motifs is 1. The van der Waals surface area contributed by atoms with Gasteiger partial charge in [0.15, 0.2) is 11.5 Å². The Labute approximate surface area is 159 Å². The molecule has 142 valence electrons. The van der Waals surface area contributed by atoms with Crippen molar-refractivity contribution < 1.29 is 14.3 Å². The first-order valence-electron chi connectivity index (χ1n) is 9.12. The maximum Gasteiger partial charge on any atom is 0.240 e. The molecule has 27 heavy (non-hydrogen) atoms. The van der Waals surface area contributed by atoms with Gasteiger partial charge in [-0.1, -0.05) is 25.5 Å². The number of aromatic nitrogens is 2. The molecule has 1 aromatic heterocycles. The molecule has 0 fully saturated rings. The highest BCUT2D eigenvalue weighted by Gasteiger charge is 2.16. The molecule has 0 unspecified atom stereocenters. The number of amides is 1. The number of unbranched alkanes of at least 4 members (excludes halogenated alkanes) is 1. The second-order valence-electron chi connectivity index (χ2n) is 6.28. The number of carbonyl (C=O) groups excluding carboxylic acids is 1. The van der Waals surface area contributed by atoms with Gasteiger partial charge in [-0.25, -0.2) is 4.98 Å². The number of carbonyl (C=O) groups is 1. The third-order valence-electron chi connectivity index (χ3n) is 4.45. The SMILES string of the molecule is CCCCNC(=O)Cn1c(-c2ccc(OC)c(OC)c2)nc2ccccc21. The summed E-state index contributed by atoms with van der Waals surface area (Å²) in [6.07, 6.45) is 2.02. The van der Waals surface area contributed by atoms with Gasteiger partial charge in [0.1, 0.15) is 12.4 Å². The first-order chi connectivity index (χ1) is 13.2. The average molecular weight is 367 g/mol. The molecule has 3 rings (SSSR count). The summed E-state index contributed by atoms with van der Waals surface area (Å²) in [5.41, 5.74) is 2.64. The van der Waals surface area contributed by atoms with Gasteiger partial charge in [-0.05, 0) is 36.8 Å². The fraction of sp³-hybridized carbons (Fsp3) is 0.333. The Morgan fingerprint density at radius 2 is 1.89 bits per heavy atom. The van der Waals surface area contributed by atoms with Crippen LogP contribution in [0.3, 0.4) is 0 Å². The van der Waals surface area contributed by atoms with Gasteiger partial charge in [0.05, 0.1) is 25.3 Å². The molecule has 2 aromatic carbocycles. The van der Waals surface area contributed by atoms with Crippen molar-refractivity contribution in [3.05, 3.63) is 42.5 Å². The van der Waals surface area contributed by atoms with E-state index in [9.17, 15) is 4.79 Å². The van der Waals surface area contributed by atoms with Crippen LogP contribution in [0.1, 0.15) is 19.8 Å². The van der Waals surface area contributed by atoms with Gasteiger partial charge in [-0.2, -0.15) is 0 Å². The van der Waals surface area contributed by atoms with Crippen LogP contribution in [-0.4, -0.2) is 36.2 Å². The third kappa shape index (κ3) is 4.05. The molecule has 1 amide bonds. The molecular weight excluding hydrogens is 342 g/mol. The van der Waals surface area contributed by atoms with E-state index in [0.29, 0.717) is 18.0 Å². The molecular formula is C21H25N3O3. The molecule has 0 bridgehead atoms. The van der Waals surface area contributed by atoms with Crippen molar-refractivity contribution in [2.75, 3.05) is 20.8 Å². The number of imidazole rings is 1. The van der Waals surface area contributed by atoms with Crippen molar-refractivity contribution in [3.63, 3.8) is 0 Å². The van der Waals surface area contributed by atoms with E-state index < -0.39 is 0 Å². The van der Waals surface area contributed by atoms with E-state index in [1.165, 1.54) is 0 Å². The number of methoxy groups -OCH3 is 2. The Morgan fingerprint density at radius 1 is 1.11 bits per heavy atom. The number of para-hydroxylation sites is 2. The van der Waals surface area contributed by atoms with Gasteiger partial charge in [0, 0.05) is 12.1 Å². The van der Waals surface area contributed by atoms with Gasteiger partial charge in [0.25, 0.3) is 0 Å². The lowest BCUT2D eigenvalue weighted by molar-refractivity contribution is -0.121. The molecule has 1 heterocycles. The number of nitrogens with zero attached hydrogens (tertiary/aromatic N) is 2. The second-order valence-corrected chi connectivity index (χ2v) is 6.28. The summed E-state index contributed by atoms with van der Waals surface area (Å²) in [5.74, 6) is 1.98. The van der Waals surface area contributed by atoms with E-state index in [0.717, 1.165) is 35.3 Å². The van der Waals surface area contributed by atoms with Gasteiger partial charge >= 0.3 is 0 Å². The molecule has 0 radical (unpaired) electrons. The zero-order chi connectivity index (χ0) is 19.2. The van der Waals surface area contributed by atoms with E-state index in [1.807, 2.05) is 47.0 Å². The summed E-state index contributed by atoms with van der Waals surface area (Å²) in [5, 5.41) is 2.97. The number of benzene rings is 2. The molecule has 0 atom stereocenters. The Balaban J connectivity index is 2.01. The highest BCUT2D eigenvalue weighted by molar-refractivity contribution is 5.84. The van der Waals surface area contributed by atoms with Crippen molar-refractivity contribution >= 4 is 16.9 Å². The maximum atomic E-state index is 12.4. The largest absolute Gasteiger partial charge is 0.493 e. The van der Waals surface area contributed by atoms with Crippen LogP contribution in [0.4, 0.5) is 0 Å². The van der Waals surface area contributed by atoms with Crippen molar-refractivity contribution in [2.45, 2.75) is 26.3 Å². The lowest BCUT2D eigenvalue weighted by Gasteiger charge is -2.12. The number of rotatable bonds is 8. The van der Waals surface area contributed by atoms with Crippen LogP contribution >= 0.6 is 0 Å². The molecule has 1 N–H and O–H groups in total. The summed E-state index contributed by atoms with van der Waals surface area (Å²) >= 11 is 0. The monoisotopic (exact) mass is 367 g/mol. The van der Waals surface area contributed by atoms with E-state index in [1.54, 1.807) is 14.2 Å². The maximum absolute atomic E-state index is 12.4.